The number of hydrogen-bond acceptors (Lipinski definition) is 7. The maximum absolute atomic E-state index is 11.4. The van der Waals surface area contributed by atoms with Crippen molar-refractivity contribution < 1.29 is 14.6 Å². The Morgan fingerprint density at radius 2 is 2.10 bits per heavy atom. The Bertz CT molecular complexity index is 853. The third-order valence-corrected chi connectivity index (χ3v) is 5.69. The number of anilines is 2. The van der Waals surface area contributed by atoms with Crippen molar-refractivity contribution in [1.29, 1.82) is 0 Å². The molecule has 8 heteroatoms. The molecule has 30 heavy (non-hydrogen) atoms. The first-order chi connectivity index (χ1) is 14.4. The average Bonchev–Trinajstić information content (AvgIpc) is 2.72. The van der Waals surface area contributed by atoms with E-state index >= 15 is 0 Å². The molecule has 7 nitrogen and oxygen atoms in total. The second kappa shape index (κ2) is 11.6. The molecule has 2 aromatic rings. The summed E-state index contributed by atoms with van der Waals surface area (Å²) in [5.41, 5.74) is 8.61. The van der Waals surface area contributed by atoms with Gasteiger partial charge in [-0.25, -0.2) is 9.78 Å². The number of benzene rings is 1. The van der Waals surface area contributed by atoms with Gasteiger partial charge in [-0.05, 0) is 55.5 Å². The van der Waals surface area contributed by atoms with Gasteiger partial charge in [0.05, 0.1) is 12.7 Å². The number of hydrogen-bond donors (Lipinski definition) is 3. The van der Waals surface area contributed by atoms with Gasteiger partial charge >= 0.3 is 5.97 Å². The van der Waals surface area contributed by atoms with Crippen molar-refractivity contribution in [3.05, 3.63) is 40.6 Å². The second-order valence-corrected chi connectivity index (χ2v) is 8.25. The van der Waals surface area contributed by atoms with Crippen LogP contribution in [0.25, 0.3) is 0 Å². The lowest BCUT2D eigenvalue weighted by molar-refractivity contribution is 0.0696. The van der Waals surface area contributed by atoms with Gasteiger partial charge in [0.1, 0.15) is 11.6 Å². The van der Waals surface area contributed by atoms with E-state index in [0.717, 1.165) is 48.3 Å². The van der Waals surface area contributed by atoms with Gasteiger partial charge in [-0.15, -0.1) is 0 Å². The van der Waals surface area contributed by atoms with Gasteiger partial charge in [0.15, 0.2) is 0 Å². The van der Waals surface area contributed by atoms with E-state index in [2.05, 4.69) is 28.5 Å². The number of nitrogens with two attached hydrogens (primary N) is 1. The molecule has 0 aliphatic carbocycles. The van der Waals surface area contributed by atoms with Gasteiger partial charge in [-0.2, -0.15) is 16.7 Å². The molecule has 2 rings (SSSR count). The van der Waals surface area contributed by atoms with Crippen molar-refractivity contribution in [3.8, 4) is 5.75 Å². The van der Waals surface area contributed by atoms with Crippen molar-refractivity contribution >= 4 is 29.5 Å². The quantitative estimate of drug-likeness (QED) is 0.453. The number of methoxy groups -OCH3 is 1. The molecule has 1 aromatic carbocycles. The predicted molar refractivity (Wildman–Crippen MR) is 124 cm³/mol. The SMILES string of the molecule is CCCC[C@@H](CCSC)Nc1nc(N)nc(C)c1Cc1cc(C(=O)O)ccc1OC. The average molecular weight is 433 g/mol. The number of nitrogen functional groups attached to an aromatic ring is 1. The number of carbonyl (C=O) groups is 1. The summed E-state index contributed by atoms with van der Waals surface area (Å²) in [7, 11) is 1.58. The second-order valence-electron chi connectivity index (χ2n) is 7.27. The lowest BCUT2D eigenvalue weighted by atomic mass is 10.00. The van der Waals surface area contributed by atoms with Crippen LogP contribution in [0.4, 0.5) is 11.8 Å². The van der Waals surface area contributed by atoms with Crippen LogP contribution < -0.4 is 15.8 Å². The van der Waals surface area contributed by atoms with Crippen LogP contribution in [0.2, 0.25) is 0 Å². The van der Waals surface area contributed by atoms with E-state index < -0.39 is 5.97 Å². The highest BCUT2D eigenvalue weighted by atomic mass is 32.2. The van der Waals surface area contributed by atoms with Crippen molar-refractivity contribution in [2.45, 2.75) is 52.0 Å². The zero-order valence-corrected chi connectivity index (χ0v) is 19.0. The third kappa shape index (κ3) is 6.52. The van der Waals surface area contributed by atoms with Gasteiger partial charge in [0.25, 0.3) is 0 Å². The van der Waals surface area contributed by atoms with Crippen LogP contribution in [0.5, 0.6) is 5.75 Å². The summed E-state index contributed by atoms with van der Waals surface area (Å²) < 4.78 is 5.46. The number of aryl methyl sites for hydroxylation is 1. The smallest absolute Gasteiger partial charge is 0.335 e. The molecule has 0 aliphatic rings. The summed E-state index contributed by atoms with van der Waals surface area (Å²) in [6.45, 7) is 4.08. The molecule has 0 fully saturated rings. The zero-order chi connectivity index (χ0) is 22.1. The highest BCUT2D eigenvalue weighted by Gasteiger charge is 2.18. The number of rotatable bonds is 12. The number of ether oxygens (including phenoxy) is 1. The van der Waals surface area contributed by atoms with Gasteiger partial charge < -0.3 is 20.9 Å². The molecule has 0 amide bonds. The Kier molecular flexibility index (Phi) is 9.23. The van der Waals surface area contributed by atoms with Crippen molar-refractivity contribution in [1.82, 2.24) is 9.97 Å². The van der Waals surface area contributed by atoms with Crippen LogP contribution in [0.1, 0.15) is 59.8 Å². The Morgan fingerprint density at radius 3 is 2.73 bits per heavy atom. The lowest BCUT2D eigenvalue weighted by Crippen LogP contribution is -2.23. The molecule has 0 saturated carbocycles. The maximum Gasteiger partial charge on any atom is 0.335 e. The Morgan fingerprint density at radius 1 is 1.33 bits per heavy atom. The largest absolute Gasteiger partial charge is 0.496 e. The number of thioether (sulfide) groups is 1. The van der Waals surface area contributed by atoms with E-state index in [1.165, 1.54) is 0 Å². The zero-order valence-electron chi connectivity index (χ0n) is 18.2. The van der Waals surface area contributed by atoms with E-state index in [0.29, 0.717) is 18.0 Å². The molecular formula is C22H32N4O3S. The molecule has 1 atom stereocenters. The minimum Gasteiger partial charge on any atom is -0.496 e. The van der Waals surface area contributed by atoms with Crippen LogP contribution in [0.3, 0.4) is 0 Å². The summed E-state index contributed by atoms with van der Waals surface area (Å²) >= 11 is 1.83. The van der Waals surface area contributed by atoms with Gasteiger partial charge in [0, 0.05) is 23.7 Å². The fourth-order valence-corrected chi connectivity index (χ4v) is 3.90. The molecule has 1 aromatic heterocycles. The number of unbranched alkanes of at least 4 members (excludes halogenated alkanes) is 1. The summed E-state index contributed by atoms with van der Waals surface area (Å²) in [5.74, 6) is 1.66. The van der Waals surface area contributed by atoms with E-state index in [4.69, 9.17) is 10.5 Å². The number of aromatic nitrogens is 2. The summed E-state index contributed by atoms with van der Waals surface area (Å²) in [5, 5.41) is 13.0. The first-order valence-corrected chi connectivity index (χ1v) is 11.6. The number of carboxylic acid groups (broad SMARTS) is 1. The number of carboxylic acids is 1. The van der Waals surface area contributed by atoms with Gasteiger partial charge in [-0.1, -0.05) is 19.8 Å². The fourth-order valence-electron chi connectivity index (χ4n) is 3.38. The first kappa shape index (κ1) is 23.8. The van der Waals surface area contributed by atoms with Crippen LogP contribution in [0, 0.1) is 6.92 Å². The number of aromatic carboxylic acids is 1. The maximum atomic E-state index is 11.4. The third-order valence-electron chi connectivity index (χ3n) is 5.04. The van der Waals surface area contributed by atoms with Gasteiger partial charge in [-0.3, -0.25) is 0 Å². The normalized spacial score (nSPS) is 11.9. The van der Waals surface area contributed by atoms with Crippen molar-refractivity contribution in [2.24, 2.45) is 0 Å². The van der Waals surface area contributed by atoms with Crippen LogP contribution in [-0.4, -0.2) is 46.2 Å². The molecule has 0 unspecified atom stereocenters. The van der Waals surface area contributed by atoms with Crippen molar-refractivity contribution in [3.63, 3.8) is 0 Å². The van der Waals surface area contributed by atoms with E-state index in [1.54, 1.807) is 25.3 Å². The van der Waals surface area contributed by atoms with E-state index in [-0.39, 0.29) is 17.6 Å². The molecule has 1 heterocycles. The highest BCUT2D eigenvalue weighted by molar-refractivity contribution is 7.98. The predicted octanol–water partition coefficient (Wildman–Crippen LogP) is 4.39. The summed E-state index contributed by atoms with van der Waals surface area (Å²) in [4.78, 5) is 20.3. The minimum absolute atomic E-state index is 0.218. The molecule has 164 valence electrons. The highest BCUT2D eigenvalue weighted by Crippen LogP contribution is 2.28. The molecule has 0 spiro atoms. The Balaban J connectivity index is 2.41. The van der Waals surface area contributed by atoms with Gasteiger partial charge in [0.2, 0.25) is 5.95 Å². The Labute approximate surface area is 182 Å². The van der Waals surface area contributed by atoms with Crippen LogP contribution in [-0.2, 0) is 6.42 Å². The lowest BCUT2D eigenvalue weighted by Gasteiger charge is -2.22. The summed E-state index contributed by atoms with van der Waals surface area (Å²) in [6, 6.07) is 5.15. The molecule has 0 saturated heterocycles. The molecule has 4 N–H and O–H groups in total. The molecule has 0 radical (unpaired) electrons. The van der Waals surface area contributed by atoms with Crippen LogP contribution in [0.15, 0.2) is 18.2 Å². The first-order valence-electron chi connectivity index (χ1n) is 10.2. The molecule has 0 aliphatic heterocycles. The molecule has 0 bridgehead atoms. The van der Waals surface area contributed by atoms with Crippen LogP contribution >= 0.6 is 11.8 Å². The fraction of sp³-hybridized carbons (Fsp3) is 0.500. The van der Waals surface area contributed by atoms with E-state index in [9.17, 15) is 9.90 Å². The molecular weight excluding hydrogens is 400 g/mol. The Hall–Kier alpha value is -2.48. The van der Waals surface area contributed by atoms with Crippen molar-refractivity contribution in [2.75, 3.05) is 30.2 Å². The number of nitrogens with one attached hydrogen (secondary N) is 1. The topological polar surface area (TPSA) is 110 Å². The number of nitrogens with zero attached hydrogens (tertiary/aromatic N) is 2. The standard InChI is InChI=1S/C22H32N4O3S/c1-5-6-7-17(10-11-30-4)25-20-18(14(2)24-22(23)26-20)13-16-12-15(21(27)28)8-9-19(16)29-3/h8-9,12,17H,5-7,10-11,13H2,1-4H3,(H,27,28)(H3,23,24,25,26)/t17-/m0/s1. The van der Waals surface area contributed by atoms with E-state index in [1.807, 2.05) is 18.7 Å². The summed E-state index contributed by atoms with van der Waals surface area (Å²) in [6.07, 6.45) is 6.90. The minimum atomic E-state index is -0.973. The monoisotopic (exact) mass is 432 g/mol.